The molecule has 7 nitrogen and oxygen atoms in total. The maximum atomic E-state index is 12.1. The van der Waals surface area contributed by atoms with Gasteiger partial charge in [0.25, 0.3) is 0 Å². The third kappa shape index (κ3) is 2.95. The molecular weight excluding hydrogens is 254 g/mol. The summed E-state index contributed by atoms with van der Waals surface area (Å²) in [5, 5.41) is 0. The largest absolute Gasteiger partial charge is 0.292 e. The van der Waals surface area contributed by atoms with Gasteiger partial charge < -0.3 is 0 Å². The molecule has 0 bridgehead atoms. The van der Waals surface area contributed by atoms with Crippen molar-refractivity contribution in [3.05, 3.63) is 12.4 Å². The maximum Gasteiger partial charge on any atom is 0.243 e. The number of rotatable bonds is 4. The third-order valence-corrected chi connectivity index (χ3v) is 4.56. The Labute approximate surface area is 106 Å². The van der Waals surface area contributed by atoms with Crippen LogP contribution in [0.1, 0.15) is 26.2 Å². The summed E-state index contributed by atoms with van der Waals surface area (Å²) in [6.45, 7) is 2.12. The molecule has 1 aliphatic rings. The number of hydrogen-bond acceptors (Lipinski definition) is 6. The fraction of sp³-hybridized carbons (Fsp3) is 0.600. The Morgan fingerprint density at radius 2 is 2.00 bits per heavy atom. The van der Waals surface area contributed by atoms with E-state index in [1.807, 2.05) is 0 Å². The highest BCUT2D eigenvalue weighted by Gasteiger charge is 2.26. The fourth-order valence-corrected chi connectivity index (χ4v) is 3.30. The van der Waals surface area contributed by atoms with Gasteiger partial charge in [0, 0.05) is 6.04 Å². The minimum Gasteiger partial charge on any atom is -0.292 e. The van der Waals surface area contributed by atoms with Crippen molar-refractivity contribution < 1.29 is 8.42 Å². The van der Waals surface area contributed by atoms with Gasteiger partial charge in [0.05, 0.1) is 12.4 Å². The number of aromatic nitrogens is 2. The quantitative estimate of drug-likeness (QED) is 0.534. The molecule has 0 aliphatic heterocycles. The molecule has 4 N–H and O–H groups in total. The molecule has 18 heavy (non-hydrogen) atoms. The average Bonchev–Trinajstić information content (AvgIpc) is 2.74. The Morgan fingerprint density at radius 1 is 1.33 bits per heavy atom. The first-order chi connectivity index (χ1) is 8.51. The number of nitrogens with one attached hydrogen (secondary N) is 2. The van der Waals surface area contributed by atoms with E-state index in [4.69, 9.17) is 5.84 Å². The topological polar surface area (TPSA) is 110 Å². The highest BCUT2D eigenvalue weighted by Crippen LogP contribution is 2.25. The SMILES string of the molecule is CC1CCC(NS(=O)(=O)c2cnc(NN)nc2)C1. The molecule has 1 aromatic rings. The van der Waals surface area contributed by atoms with Crippen molar-refractivity contribution in [3.63, 3.8) is 0 Å². The molecule has 1 fully saturated rings. The van der Waals surface area contributed by atoms with Crippen LogP contribution in [0.5, 0.6) is 0 Å². The second-order valence-corrected chi connectivity index (χ2v) is 6.34. The maximum absolute atomic E-state index is 12.1. The van der Waals surface area contributed by atoms with Crippen LogP contribution in [-0.2, 0) is 10.0 Å². The van der Waals surface area contributed by atoms with Gasteiger partial charge in [-0.3, -0.25) is 5.43 Å². The monoisotopic (exact) mass is 271 g/mol. The van der Waals surface area contributed by atoms with Crippen molar-refractivity contribution in [2.45, 2.75) is 37.1 Å². The van der Waals surface area contributed by atoms with E-state index in [0.29, 0.717) is 5.92 Å². The van der Waals surface area contributed by atoms with Crippen molar-refractivity contribution in [3.8, 4) is 0 Å². The zero-order valence-electron chi connectivity index (χ0n) is 10.1. The molecule has 0 aromatic carbocycles. The van der Waals surface area contributed by atoms with Crippen LogP contribution < -0.4 is 16.0 Å². The molecule has 2 atom stereocenters. The molecule has 1 aromatic heterocycles. The summed E-state index contributed by atoms with van der Waals surface area (Å²) in [5.41, 5.74) is 2.25. The second kappa shape index (κ2) is 5.17. The van der Waals surface area contributed by atoms with Crippen LogP contribution in [0.4, 0.5) is 5.95 Å². The molecule has 0 spiro atoms. The molecule has 0 radical (unpaired) electrons. The first-order valence-electron chi connectivity index (χ1n) is 5.82. The zero-order valence-corrected chi connectivity index (χ0v) is 10.9. The number of hydrazine groups is 1. The number of sulfonamides is 1. The van der Waals surface area contributed by atoms with E-state index in [9.17, 15) is 8.42 Å². The molecule has 1 aliphatic carbocycles. The Morgan fingerprint density at radius 3 is 2.50 bits per heavy atom. The smallest absolute Gasteiger partial charge is 0.243 e. The summed E-state index contributed by atoms with van der Waals surface area (Å²) < 4.78 is 26.8. The first kappa shape index (κ1) is 13.2. The van der Waals surface area contributed by atoms with E-state index in [1.54, 1.807) is 0 Å². The van der Waals surface area contributed by atoms with Crippen molar-refractivity contribution in [2.75, 3.05) is 5.43 Å². The van der Waals surface area contributed by atoms with Crippen LogP contribution in [0.25, 0.3) is 0 Å². The molecule has 1 heterocycles. The Kier molecular flexibility index (Phi) is 3.79. The predicted octanol–water partition coefficient (Wildman–Crippen LogP) is 0.229. The normalized spacial score (nSPS) is 24.1. The van der Waals surface area contributed by atoms with E-state index in [1.165, 1.54) is 12.4 Å². The molecule has 0 amide bonds. The minimum atomic E-state index is -3.54. The number of nitrogens with zero attached hydrogens (tertiary/aromatic N) is 2. The van der Waals surface area contributed by atoms with Gasteiger partial charge in [-0.15, -0.1) is 0 Å². The molecular formula is C10H17N5O2S. The van der Waals surface area contributed by atoms with Gasteiger partial charge in [0.2, 0.25) is 16.0 Å². The number of hydrogen-bond donors (Lipinski definition) is 3. The van der Waals surface area contributed by atoms with Crippen molar-refractivity contribution in [2.24, 2.45) is 11.8 Å². The van der Waals surface area contributed by atoms with Crippen LogP contribution in [0, 0.1) is 5.92 Å². The molecule has 2 unspecified atom stereocenters. The van der Waals surface area contributed by atoms with E-state index < -0.39 is 10.0 Å². The lowest BCUT2D eigenvalue weighted by Gasteiger charge is -2.12. The van der Waals surface area contributed by atoms with Gasteiger partial charge in [-0.05, 0) is 25.2 Å². The standard InChI is InChI=1S/C10H17N5O2S/c1-7-2-3-8(4-7)15-18(16,17)9-5-12-10(14-11)13-6-9/h5-8,15H,2-4,11H2,1H3,(H,12,13,14). The van der Waals surface area contributed by atoms with Crippen LogP contribution in [0.15, 0.2) is 17.3 Å². The summed E-state index contributed by atoms with van der Waals surface area (Å²) in [7, 11) is -3.54. The van der Waals surface area contributed by atoms with Gasteiger partial charge in [-0.25, -0.2) is 29.0 Å². The summed E-state index contributed by atoms with van der Waals surface area (Å²) in [6, 6.07) is 0.0114. The van der Waals surface area contributed by atoms with Gasteiger partial charge in [-0.2, -0.15) is 0 Å². The van der Waals surface area contributed by atoms with Gasteiger partial charge in [-0.1, -0.05) is 6.92 Å². The van der Waals surface area contributed by atoms with Gasteiger partial charge in [0.1, 0.15) is 4.90 Å². The van der Waals surface area contributed by atoms with Gasteiger partial charge in [0.15, 0.2) is 0 Å². The highest BCUT2D eigenvalue weighted by molar-refractivity contribution is 7.89. The molecule has 1 saturated carbocycles. The number of anilines is 1. The highest BCUT2D eigenvalue weighted by atomic mass is 32.2. The lowest BCUT2D eigenvalue weighted by atomic mass is 10.1. The van der Waals surface area contributed by atoms with E-state index >= 15 is 0 Å². The molecule has 2 rings (SSSR count). The number of nitrogens with two attached hydrogens (primary N) is 1. The Hall–Kier alpha value is -1.25. The average molecular weight is 271 g/mol. The van der Waals surface area contributed by atoms with Crippen LogP contribution >= 0.6 is 0 Å². The fourth-order valence-electron chi connectivity index (χ4n) is 2.13. The summed E-state index contributed by atoms with van der Waals surface area (Å²) in [6.07, 6.45) is 5.29. The van der Waals surface area contributed by atoms with Crippen molar-refractivity contribution in [1.82, 2.24) is 14.7 Å². The summed E-state index contributed by atoms with van der Waals surface area (Å²) in [5.74, 6) is 5.87. The van der Waals surface area contributed by atoms with Gasteiger partial charge >= 0.3 is 0 Å². The predicted molar refractivity (Wildman–Crippen MR) is 67.0 cm³/mol. The molecule has 8 heteroatoms. The van der Waals surface area contributed by atoms with Crippen molar-refractivity contribution in [1.29, 1.82) is 0 Å². The van der Waals surface area contributed by atoms with Crippen LogP contribution in [-0.4, -0.2) is 24.4 Å². The lowest BCUT2D eigenvalue weighted by molar-refractivity contribution is 0.538. The van der Waals surface area contributed by atoms with E-state index in [-0.39, 0.29) is 16.9 Å². The van der Waals surface area contributed by atoms with Crippen LogP contribution in [0.3, 0.4) is 0 Å². The van der Waals surface area contributed by atoms with Crippen molar-refractivity contribution >= 4 is 16.0 Å². The molecule has 100 valence electrons. The van der Waals surface area contributed by atoms with E-state index in [2.05, 4.69) is 27.0 Å². The molecule has 0 saturated heterocycles. The lowest BCUT2D eigenvalue weighted by Crippen LogP contribution is -2.33. The van der Waals surface area contributed by atoms with E-state index in [0.717, 1.165) is 19.3 Å². The minimum absolute atomic E-state index is 0.0114. The van der Waals surface area contributed by atoms with Crippen LogP contribution in [0.2, 0.25) is 0 Å². The summed E-state index contributed by atoms with van der Waals surface area (Å²) >= 11 is 0. The number of nitrogen functional groups attached to an aromatic ring is 1. The Bertz CT molecular complexity index is 502. The second-order valence-electron chi connectivity index (χ2n) is 4.62. The third-order valence-electron chi connectivity index (χ3n) is 3.08. The zero-order chi connectivity index (χ0) is 13.2. The first-order valence-corrected chi connectivity index (χ1v) is 7.30. The Balaban J connectivity index is 2.10. The summed E-state index contributed by atoms with van der Waals surface area (Å²) in [4.78, 5) is 7.63.